The lowest BCUT2D eigenvalue weighted by atomic mass is 10.1. The molecule has 1 N–H and O–H groups in total. The predicted octanol–water partition coefficient (Wildman–Crippen LogP) is 2.72. The zero-order valence-corrected chi connectivity index (χ0v) is 8.06. The van der Waals surface area contributed by atoms with Gasteiger partial charge in [0.15, 0.2) is 0 Å². The van der Waals surface area contributed by atoms with E-state index in [4.69, 9.17) is 11.6 Å². The normalized spacial score (nSPS) is 11.5. The molecule has 0 spiro atoms. The van der Waals surface area contributed by atoms with E-state index in [0.717, 1.165) is 12.1 Å². The zero-order valence-electron chi connectivity index (χ0n) is 7.31. The molecule has 0 aliphatic carbocycles. The Morgan fingerprint density at radius 2 is 2.00 bits per heavy atom. The van der Waals surface area contributed by atoms with Crippen LogP contribution in [0.25, 0.3) is 0 Å². The number of ketones is 1. The van der Waals surface area contributed by atoms with Gasteiger partial charge in [0.05, 0.1) is 0 Å². The third-order valence-electron chi connectivity index (χ3n) is 1.71. The van der Waals surface area contributed by atoms with E-state index in [1.807, 2.05) is 0 Å². The first kappa shape index (κ1) is 11.8. The summed E-state index contributed by atoms with van der Waals surface area (Å²) in [6.45, 7) is 0. The summed E-state index contributed by atoms with van der Waals surface area (Å²) < 4.78 is 35.7. The SMILES string of the molecule is O=C(Cc1cc(Cl)ccc1O)C(F)(F)F. The number of carbonyl (C=O) groups is 1. The Labute approximate surface area is 88.3 Å². The fraction of sp³-hybridized carbons (Fsp3) is 0.222. The molecule has 82 valence electrons. The quantitative estimate of drug-likeness (QED) is 0.860. The van der Waals surface area contributed by atoms with E-state index in [2.05, 4.69) is 0 Å². The van der Waals surface area contributed by atoms with Crippen molar-refractivity contribution in [3.05, 3.63) is 28.8 Å². The molecule has 0 heterocycles. The molecule has 6 heteroatoms. The van der Waals surface area contributed by atoms with Gasteiger partial charge in [-0.05, 0) is 18.2 Å². The van der Waals surface area contributed by atoms with Gasteiger partial charge in [-0.3, -0.25) is 4.79 Å². The van der Waals surface area contributed by atoms with Crippen molar-refractivity contribution < 1.29 is 23.1 Å². The molecule has 1 aromatic carbocycles. The van der Waals surface area contributed by atoms with Gasteiger partial charge in [-0.1, -0.05) is 11.6 Å². The maximum absolute atomic E-state index is 11.9. The van der Waals surface area contributed by atoms with Gasteiger partial charge in [-0.15, -0.1) is 0 Å². The summed E-state index contributed by atoms with van der Waals surface area (Å²) in [5.41, 5.74) is -0.134. The maximum atomic E-state index is 11.9. The topological polar surface area (TPSA) is 37.3 Å². The number of benzene rings is 1. The second kappa shape index (κ2) is 4.10. The molecule has 0 atom stereocenters. The maximum Gasteiger partial charge on any atom is 0.450 e. The molecule has 0 amide bonds. The van der Waals surface area contributed by atoms with Crippen molar-refractivity contribution in [1.82, 2.24) is 0 Å². The second-order valence-electron chi connectivity index (χ2n) is 2.87. The van der Waals surface area contributed by atoms with Crippen LogP contribution >= 0.6 is 11.6 Å². The Balaban J connectivity index is 2.90. The lowest BCUT2D eigenvalue weighted by Crippen LogP contribution is -2.24. The number of phenolic OH excluding ortho intramolecular Hbond substituents is 1. The van der Waals surface area contributed by atoms with Crippen LogP contribution in [-0.4, -0.2) is 17.1 Å². The van der Waals surface area contributed by atoms with Crippen molar-refractivity contribution in [2.45, 2.75) is 12.6 Å². The summed E-state index contributed by atoms with van der Waals surface area (Å²) >= 11 is 5.51. The molecule has 0 saturated carbocycles. The van der Waals surface area contributed by atoms with Crippen LogP contribution in [0.15, 0.2) is 18.2 Å². The van der Waals surface area contributed by atoms with Gasteiger partial charge >= 0.3 is 6.18 Å². The lowest BCUT2D eigenvalue weighted by molar-refractivity contribution is -0.170. The fourth-order valence-corrected chi connectivity index (χ4v) is 1.16. The van der Waals surface area contributed by atoms with Crippen LogP contribution in [0.1, 0.15) is 5.56 Å². The third kappa shape index (κ3) is 3.13. The molecule has 0 saturated heterocycles. The number of Topliss-reactive ketones (excluding diaryl/α,β-unsaturated/α-hetero) is 1. The number of aromatic hydroxyl groups is 1. The highest BCUT2D eigenvalue weighted by atomic mass is 35.5. The Morgan fingerprint density at radius 1 is 1.40 bits per heavy atom. The van der Waals surface area contributed by atoms with Gasteiger partial charge < -0.3 is 5.11 Å². The van der Waals surface area contributed by atoms with Crippen LogP contribution in [0.2, 0.25) is 5.02 Å². The molecule has 0 aliphatic rings. The molecule has 0 aromatic heterocycles. The molecular formula is C9H6ClF3O2. The van der Waals surface area contributed by atoms with Gasteiger partial charge in [-0.25, -0.2) is 0 Å². The number of hydrogen-bond donors (Lipinski definition) is 1. The van der Waals surface area contributed by atoms with Crippen LogP contribution in [-0.2, 0) is 11.2 Å². The minimum absolute atomic E-state index is 0.134. The molecule has 2 nitrogen and oxygen atoms in total. The van der Waals surface area contributed by atoms with Crippen molar-refractivity contribution in [3.8, 4) is 5.75 Å². The molecule has 1 rings (SSSR count). The predicted molar refractivity (Wildman–Crippen MR) is 47.9 cm³/mol. The molecule has 0 unspecified atom stereocenters. The molecule has 0 radical (unpaired) electrons. The number of hydrogen-bond acceptors (Lipinski definition) is 2. The van der Waals surface area contributed by atoms with Crippen molar-refractivity contribution >= 4 is 17.4 Å². The number of halogens is 4. The van der Waals surface area contributed by atoms with E-state index in [1.165, 1.54) is 6.07 Å². The number of alkyl halides is 3. The van der Waals surface area contributed by atoms with E-state index >= 15 is 0 Å². The average Bonchev–Trinajstić information content (AvgIpc) is 2.09. The van der Waals surface area contributed by atoms with Gasteiger partial charge in [0.2, 0.25) is 5.78 Å². The molecule has 1 aromatic rings. The summed E-state index contributed by atoms with van der Waals surface area (Å²) in [7, 11) is 0. The van der Waals surface area contributed by atoms with Gasteiger partial charge in [0.1, 0.15) is 5.75 Å². The lowest BCUT2D eigenvalue weighted by Gasteiger charge is -2.06. The highest BCUT2D eigenvalue weighted by Crippen LogP contribution is 2.25. The van der Waals surface area contributed by atoms with Crippen LogP contribution in [0.4, 0.5) is 13.2 Å². The Bertz CT molecular complexity index is 387. The molecule has 15 heavy (non-hydrogen) atoms. The van der Waals surface area contributed by atoms with Gasteiger partial charge in [-0.2, -0.15) is 13.2 Å². The van der Waals surface area contributed by atoms with E-state index in [-0.39, 0.29) is 16.3 Å². The highest BCUT2D eigenvalue weighted by molar-refractivity contribution is 6.30. The Kier molecular flexibility index (Phi) is 3.24. The van der Waals surface area contributed by atoms with Crippen LogP contribution in [0.5, 0.6) is 5.75 Å². The minimum atomic E-state index is -4.89. The smallest absolute Gasteiger partial charge is 0.450 e. The first-order valence-corrected chi connectivity index (χ1v) is 4.26. The standard InChI is InChI=1S/C9H6ClF3O2/c10-6-1-2-7(14)5(3-6)4-8(15)9(11,12)13/h1-3,14H,4H2. The van der Waals surface area contributed by atoms with Crippen molar-refractivity contribution in [2.24, 2.45) is 0 Å². The van der Waals surface area contributed by atoms with Crippen molar-refractivity contribution in [3.63, 3.8) is 0 Å². The summed E-state index contributed by atoms with van der Waals surface area (Å²) in [6.07, 6.45) is -5.80. The first-order chi connectivity index (χ1) is 6.80. The summed E-state index contributed by atoms with van der Waals surface area (Å²) in [4.78, 5) is 10.6. The summed E-state index contributed by atoms with van der Waals surface area (Å²) in [5, 5.41) is 9.34. The first-order valence-electron chi connectivity index (χ1n) is 3.88. The Hall–Kier alpha value is -1.23. The van der Waals surface area contributed by atoms with E-state index < -0.39 is 18.4 Å². The number of phenols is 1. The van der Waals surface area contributed by atoms with Crippen LogP contribution in [0.3, 0.4) is 0 Å². The monoisotopic (exact) mass is 238 g/mol. The van der Waals surface area contributed by atoms with Crippen molar-refractivity contribution in [1.29, 1.82) is 0 Å². The number of carbonyl (C=O) groups excluding carboxylic acids is 1. The Morgan fingerprint density at radius 3 is 2.53 bits per heavy atom. The van der Waals surface area contributed by atoms with Gasteiger partial charge in [0, 0.05) is 17.0 Å². The van der Waals surface area contributed by atoms with Crippen LogP contribution < -0.4 is 0 Å². The van der Waals surface area contributed by atoms with E-state index in [9.17, 15) is 23.1 Å². The molecule has 0 bridgehead atoms. The largest absolute Gasteiger partial charge is 0.508 e. The zero-order chi connectivity index (χ0) is 11.6. The van der Waals surface area contributed by atoms with Crippen molar-refractivity contribution in [2.75, 3.05) is 0 Å². The van der Waals surface area contributed by atoms with Gasteiger partial charge in [0.25, 0.3) is 0 Å². The molecular weight excluding hydrogens is 233 g/mol. The van der Waals surface area contributed by atoms with E-state index in [0.29, 0.717) is 0 Å². The summed E-state index contributed by atoms with van der Waals surface area (Å²) in [6, 6.07) is 3.58. The third-order valence-corrected chi connectivity index (χ3v) is 1.94. The fourth-order valence-electron chi connectivity index (χ4n) is 0.969. The number of rotatable bonds is 2. The average molecular weight is 239 g/mol. The minimum Gasteiger partial charge on any atom is -0.508 e. The second-order valence-corrected chi connectivity index (χ2v) is 3.31. The molecule has 0 fully saturated rings. The molecule has 0 aliphatic heterocycles. The van der Waals surface area contributed by atoms with E-state index in [1.54, 1.807) is 0 Å². The van der Waals surface area contributed by atoms with Crippen LogP contribution in [0, 0.1) is 0 Å². The summed E-state index contributed by atoms with van der Waals surface area (Å²) in [5.74, 6) is -2.29. The highest BCUT2D eigenvalue weighted by Gasteiger charge is 2.38.